The summed E-state index contributed by atoms with van der Waals surface area (Å²) in [4.78, 5) is 6.67. The summed E-state index contributed by atoms with van der Waals surface area (Å²) in [5.41, 5.74) is 2.77. The minimum Gasteiger partial charge on any atom is -0.385 e. The van der Waals surface area contributed by atoms with Gasteiger partial charge in [-0.1, -0.05) is 17.0 Å². The molecule has 1 saturated carbocycles. The number of nitrogens with zero attached hydrogens (tertiary/aromatic N) is 4. The van der Waals surface area contributed by atoms with Gasteiger partial charge in [0.2, 0.25) is 0 Å². The Balaban J connectivity index is 1.18. The van der Waals surface area contributed by atoms with E-state index in [-0.39, 0.29) is 0 Å². The minimum atomic E-state index is -0.630. The van der Waals surface area contributed by atoms with E-state index in [2.05, 4.69) is 26.9 Å². The standard InChI is InChI=1S/C25H28N4O3/c1-17(30)25-26-9-10-29(25)14-20-13-24(32-27-20)19-6-3-18(4-7-19)5-8-21-22-15-28(11-12-31-2)16-23(21)22/h3-4,6-7,9-10,13,17,21-23,30H,11-12,14-16H2,1-2H3/t17-,21-,22+,23-/m0/s1. The molecule has 32 heavy (non-hydrogen) atoms. The van der Waals surface area contributed by atoms with E-state index in [0.29, 0.717) is 24.0 Å². The predicted molar refractivity (Wildman–Crippen MR) is 120 cm³/mol. The summed E-state index contributed by atoms with van der Waals surface area (Å²) < 4.78 is 12.6. The van der Waals surface area contributed by atoms with Crippen molar-refractivity contribution in [3.63, 3.8) is 0 Å². The van der Waals surface area contributed by atoms with Gasteiger partial charge in [-0.2, -0.15) is 0 Å². The Kier molecular flexibility index (Phi) is 5.83. The fourth-order valence-corrected chi connectivity index (χ4v) is 4.63. The van der Waals surface area contributed by atoms with Gasteiger partial charge >= 0.3 is 0 Å². The van der Waals surface area contributed by atoms with Crippen molar-refractivity contribution in [3.05, 3.63) is 59.8 Å². The van der Waals surface area contributed by atoms with Crippen LogP contribution in [-0.2, 0) is 11.3 Å². The zero-order chi connectivity index (χ0) is 22.1. The van der Waals surface area contributed by atoms with E-state index in [4.69, 9.17) is 9.26 Å². The Hall–Kier alpha value is -2.92. The molecule has 2 aromatic heterocycles. The van der Waals surface area contributed by atoms with Crippen molar-refractivity contribution in [2.45, 2.75) is 19.6 Å². The number of aliphatic hydroxyl groups is 1. The molecule has 4 atom stereocenters. The van der Waals surface area contributed by atoms with Gasteiger partial charge in [0.05, 0.1) is 13.2 Å². The number of benzene rings is 1. The normalized spacial score (nSPS) is 22.9. The highest BCUT2D eigenvalue weighted by atomic mass is 16.5. The Morgan fingerprint density at radius 2 is 2.03 bits per heavy atom. The second kappa shape index (κ2) is 8.91. The topological polar surface area (TPSA) is 76.5 Å². The number of ether oxygens (including phenoxy) is 1. The quantitative estimate of drug-likeness (QED) is 0.579. The lowest BCUT2D eigenvalue weighted by atomic mass is 10.1. The lowest BCUT2D eigenvalue weighted by Crippen LogP contribution is -2.27. The predicted octanol–water partition coefficient (Wildman–Crippen LogP) is 2.82. The van der Waals surface area contributed by atoms with Crippen LogP contribution in [0.2, 0.25) is 0 Å². The van der Waals surface area contributed by atoms with Crippen LogP contribution in [0, 0.1) is 29.6 Å². The number of likely N-dealkylation sites (tertiary alicyclic amines) is 1. The van der Waals surface area contributed by atoms with Crippen LogP contribution in [0.3, 0.4) is 0 Å². The molecule has 0 amide bonds. The number of methoxy groups -OCH3 is 1. The summed E-state index contributed by atoms with van der Waals surface area (Å²) in [6, 6.07) is 10.0. The summed E-state index contributed by atoms with van der Waals surface area (Å²) in [6.07, 6.45) is 2.87. The molecule has 3 heterocycles. The van der Waals surface area contributed by atoms with Gasteiger partial charge in [0, 0.05) is 62.2 Å². The number of imidazole rings is 1. The Bertz CT molecular complexity index is 1110. The van der Waals surface area contributed by atoms with E-state index < -0.39 is 6.10 Å². The first-order valence-electron chi connectivity index (χ1n) is 11.1. The van der Waals surface area contributed by atoms with Crippen molar-refractivity contribution >= 4 is 0 Å². The first-order valence-corrected chi connectivity index (χ1v) is 11.1. The Morgan fingerprint density at radius 3 is 2.75 bits per heavy atom. The third-order valence-corrected chi connectivity index (χ3v) is 6.45. The number of rotatable bonds is 7. The molecule has 0 bridgehead atoms. The van der Waals surface area contributed by atoms with Gasteiger partial charge < -0.3 is 23.8 Å². The zero-order valence-corrected chi connectivity index (χ0v) is 18.4. The van der Waals surface area contributed by atoms with Gasteiger partial charge in [-0.25, -0.2) is 4.98 Å². The molecule has 0 radical (unpaired) electrons. The molecule has 3 aromatic rings. The smallest absolute Gasteiger partial charge is 0.167 e. The van der Waals surface area contributed by atoms with Crippen LogP contribution in [0.15, 0.2) is 47.2 Å². The van der Waals surface area contributed by atoms with E-state index in [1.165, 1.54) is 0 Å². The average molecular weight is 433 g/mol. The van der Waals surface area contributed by atoms with Gasteiger partial charge in [0.1, 0.15) is 17.6 Å². The van der Waals surface area contributed by atoms with Crippen molar-refractivity contribution < 1.29 is 14.4 Å². The van der Waals surface area contributed by atoms with Gasteiger partial charge in [0.15, 0.2) is 5.76 Å². The molecule has 2 fully saturated rings. The van der Waals surface area contributed by atoms with Crippen LogP contribution >= 0.6 is 0 Å². The van der Waals surface area contributed by atoms with Crippen molar-refractivity contribution in [2.24, 2.45) is 17.8 Å². The van der Waals surface area contributed by atoms with Crippen LogP contribution < -0.4 is 0 Å². The number of aliphatic hydroxyl groups excluding tert-OH is 1. The van der Waals surface area contributed by atoms with Gasteiger partial charge in [-0.05, 0) is 43.0 Å². The van der Waals surface area contributed by atoms with Gasteiger partial charge in [-0.15, -0.1) is 0 Å². The molecule has 1 aromatic carbocycles. The zero-order valence-electron chi connectivity index (χ0n) is 18.4. The maximum absolute atomic E-state index is 9.81. The highest BCUT2D eigenvalue weighted by molar-refractivity contribution is 5.59. The highest BCUT2D eigenvalue weighted by Gasteiger charge is 2.54. The lowest BCUT2D eigenvalue weighted by molar-refractivity contribution is 0.153. The molecule has 1 N–H and O–H groups in total. The molecule has 1 aliphatic heterocycles. The number of hydrogen-bond acceptors (Lipinski definition) is 6. The molecular weight excluding hydrogens is 404 g/mol. The summed E-state index contributed by atoms with van der Waals surface area (Å²) in [6.45, 7) is 6.33. The van der Waals surface area contributed by atoms with Crippen molar-refractivity contribution in [2.75, 3.05) is 33.4 Å². The molecular formula is C25H28N4O3. The lowest BCUT2D eigenvalue weighted by Gasteiger charge is -2.17. The molecule has 0 unspecified atom stereocenters. The highest BCUT2D eigenvalue weighted by Crippen LogP contribution is 2.51. The Morgan fingerprint density at radius 1 is 1.25 bits per heavy atom. The van der Waals surface area contributed by atoms with E-state index in [9.17, 15) is 5.11 Å². The van der Waals surface area contributed by atoms with Crippen LogP contribution in [0.25, 0.3) is 11.3 Å². The monoisotopic (exact) mass is 432 g/mol. The number of fused-ring (bicyclic) bond motifs is 1. The molecule has 1 aliphatic carbocycles. The van der Waals surface area contributed by atoms with Crippen molar-refractivity contribution in [1.82, 2.24) is 19.6 Å². The van der Waals surface area contributed by atoms with Crippen LogP contribution in [0.1, 0.15) is 30.1 Å². The number of piperidine rings is 1. The summed E-state index contributed by atoms with van der Waals surface area (Å²) >= 11 is 0. The first-order chi connectivity index (χ1) is 15.6. The van der Waals surface area contributed by atoms with E-state index in [1.807, 2.05) is 41.1 Å². The molecule has 7 nitrogen and oxygen atoms in total. The molecule has 166 valence electrons. The largest absolute Gasteiger partial charge is 0.385 e. The molecule has 0 spiro atoms. The van der Waals surface area contributed by atoms with E-state index in [1.54, 1.807) is 20.2 Å². The maximum Gasteiger partial charge on any atom is 0.167 e. The second-order valence-electron chi connectivity index (χ2n) is 8.72. The molecule has 7 heteroatoms. The fourth-order valence-electron chi connectivity index (χ4n) is 4.63. The number of hydrogen-bond donors (Lipinski definition) is 1. The van der Waals surface area contributed by atoms with Crippen molar-refractivity contribution in [1.29, 1.82) is 0 Å². The summed E-state index contributed by atoms with van der Waals surface area (Å²) in [5.74, 6) is 10.2. The van der Waals surface area contributed by atoms with Crippen LogP contribution in [0.4, 0.5) is 0 Å². The van der Waals surface area contributed by atoms with Crippen LogP contribution in [0.5, 0.6) is 0 Å². The number of aromatic nitrogens is 3. The first kappa shape index (κ1) is 21.0. The average Bonchev–Trinajstić information content (AvgIpc) is 3.28. The van der Waals surface area contributed by atoms with Crippen LogP contribution in [-0.4, -0.2) is 58.1 Å². The van der Waals surface area contributed by atoms with Gasteiger partial charge in [0.25, 0.3) is 0 Å². The maximum atomic E-state index is 9.81. The minimum absolute atomic E-state index is 0.500. The fraction of sp³-hybridized carbons (Fsp3) is 0.440. The Labute approximate surface area is 188 Å². The van der Waals surface area contributed by atoms with Crippen molar-refractivity contribution in [3.8, 4) is 23.2 Å². The molecule has 5 rings (SSSR count). The second-order valence-corrected chi connectivity index (χ2v) is 8.72. The summed E-state index contributed by atoms with van der Waals surface area (Å²) in [7, 11) is 1.76. The molecule has 2 aliphatic rings. The van der Waals surface area contributed by atoms with E-state index >= 15 is 0 Å². The van der Waals surface area contributed by atoms with Gasteiger partial charge in [-0.3, -0.25) is 0 Å². The third-order valence-electron chi connectivity index (χ3n) is 6.45. The SMILES string of the molecule is COCCN1C[C@@H]2[C@H](C#Cc3ccc(-c4cc(Cn5ccnc5[C@H](C)O)no4)cc3)[C@@H]2C1. The van der Waals surface area contributed by atoms with E-state index in [0.717, 1.165) is 54.9 Å². The third kappa shape index (κ3) is 4.35. The summed E-state index contributed by atoms with van der Waals surface area (Å²) in [5, 5.41) is 14.0. The molecule has 1 saturated heterocycles.